The summed E-state index contributed by atoms with van der Waals surface area (Å²) in [6, 6.07) is -2.61. The van der Waals surface area contributed by atoms with E-state index in [1.807, 2.05) is 6.08 Å². The molecule has 0 radical (unpaired) electrons. The molecule has 0 aromatic rings. The largest absolute Gasteiger partial charge is 0.477 e. The first-order valence-electron chi connectivity index (χ1n) is 32.1. The summed E-state index contributed by atoms with van der Waals surface area (Å²) in [7, 11) is 0. The number of carboxylic acid groups (broad SMARTS) is 1. The van der Waals surface area contributed by atoms with Gasteiger partial charge in [0.2, 0.25) is 11.8 Å². The lowest BCUT2D eigenvalue weighted by atomic mass is 9.88. The van der Waals surface area contributed by atoms with Crippen LogP contribution in [0.2, 0.25) is 0 Å². The van der Waals surface area contributed by atoms with Crippen molar-refractivity contribution in [2.45, 2.75) is 330 Å². The summed E-state index contributed by atoms with van der Waals surface area (Å²) in [6.45, 7) is 2.11. The third-order valence-electron chi connectivity index (χ3n) is 16.5. The van der Waals surface area contributed by atoms with Crippen LogP contribution in [-0.2, 0) is 42.8 Å². The molecule has 18 unspecified atom stereocenters. The van der Waals surface area contributed by atoms with Gasteiger partial charge in [0, 0.05) is 19.8 Å². The molecule has 84 heavy (non-hydrogen) atoms. The molecule has 23 heteroatoms. The van der Waals surface area contributed by atoms with Gasteiger partial charge in [0.05, 0.1) is 50.7 Å². The van der Waals surface area contributed by atoms with Crippen molar-refractivity contribution >= 4 is 17.8 Å². The number of nitrogens with one attached hydrogen (secondary N) is 2. The van der Waals surface area contributed by atoms with Gasteiger partial charge in [-0.25, -0.2) is 4.79 Å². The lowest BCUT2D eigenvalue weighted by molar-refractivity contribution is -0.386. The van der Waals surface area contributed by atoms with Crippen LogP contribution in [0.25, 0.3) is 0 Å². The van der Waals surface area contributed by atoms with Crippen LogP contribution in [0.3, 0.4) is 0 Å². The van der Waals surface area contributed by atoms with E-state index in [-0.39, 0.29) is 12.3 Å². The van der Waals surface area contributed by atoms with Crippen molar-refractivity contribution in [1.82, 2.24) is 10.6 Å². The Bertz CT molecular complexity index is 1770. The standard InChI is InChI=1S/C61H112N2O21/c1-4-6-8-10-12-14-16-18-19-20-21-23-25-27-29-31-33-35-48(71)63-42(43(68)34-32-30-28-26-24-22-17-15-13-11-9-7-5-2)40-79-58-53(75)52(74)55(47(39-66)81-58)82-59-54(76)57(51(73)46(38-65)80-59)84-61(60(77)78)36-44(69)49(62-41(3)67)56(83-61)50(72)45(70)37-64/h32,34,42-47,49-59,64-66,68-70,72-76H,4-31,33,35-40H2,1-3H3,(H,62,67)(H,63,71)(H,77,78)/b34-32+. The van der Waals surface area contributed by atoms with Gasteiger partial charge < -0.3 is 100 Å². The van der Waals surface area contributed by atoms with Crippen molar-refractivity contribution < 1.29 is 104 Å². The Hall–Kier alpha value is -2.53. The van der Waals surface area contributed by atoms with E-state index >= 15 is 0 Å². The Labute approximate surface area is 499 Å². The molecule has 3 fully saturated rings. The predicted octanol–water partition coefficient (Wildman–Crippen LogP) is 3.95. The smallest absolute Gasteiger partial charge is 0.364 e. The molecule has 3 aliphatic rings. The second kappa shape index (κ2) is 43.2. The maximum atomic E-state index is 13.4. The summed E-state index contributed by atoms with van der Waals surface area (Å²) in [4.78, 5) is 38.4. The highest BCUT2D eigenvalue weighted by molar-refractivity contribution is 5.77. The minimum atomic E-state index is -3.08. The lowest BCUT2D eigenvalue weighted by Gasteiger charge is -2.50. The van der Waals surface area contributed by atoms with Gasteiger partial charge in [0.25, 0.3) is 5.79 Å². The Morgan fingerprint density at radius 1 is 0.619 bits per heavy atom. The summed E-state index contributed by atoms with van der Waals surface area (Å²) >= 11 is 0. The van der Waals surface area contributed by atoms with Crippen LogP contribution in [0.4, 0.5) is 0 Å². The van der Waals surface area contributed by atoms with Crippen LogP contribution in [0.15, 0.2) is 12.2 Å². The van der Waals surface area contributed by atoms with E-state index in [0.717, 1.165) is 51.9 Å². The first-order chi connectivity index (χ1) is 40.4. The van der Waals surface area contributed by atoms with Crippen LogP contribution in [0.1, 0.15) is 220 Å². The van der Waals surface area contributed by atoms with Crippen LogP contribution in [0, 0.1) is 0 Å². The van der Waals surface area contributed by atoms with E-state index in [4.69, 9.17) is 28.4 Å². The van der Waals surface area contributed by atoms with Crippen LogP contribution >= 0.6 is 0 Å². The zero-order valence-corrected chi connectivity index (χ0v) is 50.8. The van der Waals surface area contributed by atoms with Crippen molar-refractivity contribution in [3.63, 3.8) is 0 Å². The normalized spacial score (nSPS) is 29.8. The average molecular weight is 1210 g/mol. The molecule has 0 aromatic carbocycles. The second-order valence-corrected chi connectivity index (χ2v) is 23.6. The van der Waals surface area contributed by atoms with Crippen molar-refractivity contribution in [1.29, 1.82) is 0 Å². The molecule has 23 nitrogen and oxygen atoms in total. The molecule has 0 saturated carbocycles. The number of hydrogen-bond donors (Lipinski definition) is 14. The van der Waals surface area contributed by atoms with Gasteiger partial charge in [-0.1, -0.05) is 193 Å². The fraction of sp³-hybridized carbons (Fsp3) is 0.918. The zero-order valence-electron chi connectivity index (χ0n) is 50.8. The van der Waals surface area contributed by atoms with E-state index in [2.05, 4.69) is 24.5 Å². The zero-order chi connectivity index (χ0) is 61.9. The number of carbonyl (C=O) groups excluding carboxylic acids is 2. The Balaban J connectivity index is 1.64. The molecular formula is C61H112N2O21. The molecule has 492 valence electrons. The number of aliphatic hydroxyl groups excluding tert-OH is 11. The number of unbranched alkanes of at least 4 members (excludes halogenated alkanes) is 27. The van der Waals surface area contributed by atoms with E-state index < -0.39 is 155 Å². The number of carbonyl (C=O) groups is 3. The quantitative estimate of drug-likeness (QED) is 0.0303. The highest BCUT2D eigenvalue weighted by Crippen LogP contribution is 2.38. The molecule has 3 aliphatic heterocycles. The molecule has 0 aliphatic carbocycles. The van der Waals surface area contributed by atoms with Gasteiger partial charge in [-0.3, -0.25) is 9.59 Å². The molecule has 14 N–H and O–H groups in total. The minimum Gasteiger partial charge on any atom is -0.477 e. The monoisotopic (exact) mass is 1210 g/mol. The highest BCUT2D eigenvalue weighted by atomic mass is 16.8. The fourth-order valence-electron chi connectivity index (χ4n) is 11.3. The van der Waals surface area contributed by atoms with Gasteiger partial charge >= 0.3 is 5.97 Å². The topological polar surface area (TPSA) is 373 Å². The van der Waals surface area contributed by atoms with Gasteiger partial charge in [0.1, 0.15) is 67.1 Å². The van der Waals surface area contributed by atoms with Gasteiger partial charge in [-0.2, -0.15) is 0 Å². The number of amides is 2. The summed E-state index contributed by atoms with van der Waals surface area (Å²) in [5, 5.41) is 136. The number of aliphatic carboxylic acids is 1. The minimum absolute atomic E-state index is 0.204. The Kier molecular flexibility index (Phi) is 38.9. The maximum absolute atomic E-state index is 13.4. The molecule has 2 amide bonds. The number of carboxylic acids is 1. The molecule has 0 aromatic heterocycles. The SMILES string of the molecule is CCCCCCCCCCCCC/C=C/C(O)C(COC1OC(CO)C(OC2OC(CO)C(O)C(OC3(C(=O)O)CC(O)C(NC(C)=O)C(C(O)C(O)CO)O3)C2O)C(O)C1O)NC(=O)CCCCCCCCCCCCCCCCCCC. The first kappa shape index (κ1) is 75.7. The summed E-state index contributed by atoms with van der Waals surface area (Å²) in [6.07, 6.45) is 8.40. The van der Waals surface area contributed by atoms with Gasteiger partial charge in [0.15, 0.2) is 12.6 Å². The Morgan fingerprint density at radius 3 is 1.58 bits per heavy atom. The second-order valence-electron chi connectivity index (χ2n) is 23.6. The highest BCUT2D eigenvalue weighted by Gasteiger charge is 2.60. The molecule has 0 bridgehead atoms. The summed E-state index contributed by atoms with van der Waals surface area (Å²) < 4.78 is 34.7. The fourth-order valence-corrected chi connectivity index (χ4v) is 11.3. The number of rotatable bonds is 47. The van der Waals surface area contributed by atoms with Crippen LogP contribution in [-0.4, -0.2) is 215 Å². The number of aliphatic hydroxyl groups is 11. The first-order valence-corrected chi connectivity index (χ1v) is 32.1. The van der Waals surface area contributed by atoms with E-state index in [1.54, 1.807) is 6.08 Å². The number of ether oxygens (including phenoxy) is 6. The summed E-state index contributed by atoms with van der Waals surface area (Å²) in [5.74, 6) is -6.14. The van der Waals surface area contributed by atoms with Crippen molar-refractivity contribution in [3.05, 3.63) is 12.2 Å². The number of hydrogen-bond acceptors (Lipinski definition) is 20. The molecule has 18 atom stereocenters. The Morgan fingerprint density at radius 2 is 1.11 bits per heavy atom. The molecule has 3 rings (SSSR count). The third-order valence-corrected chi connectivity index (χ3v) is 16.5. The van der Waals surface area contributed by atoms with Gasteiger partial charge in [-0.15, -0.1) is 0 Å². The number of allylic oxidation sites excluding steroid dienone is 1. The van der Waals surface area contributed by atoms with E-state index in [9.17, 15) is 75.7 Å². The van der Waals surface area contributed by atoms with E-state index in [1.165, 1.54) is 128 Å². The predicted molar refractivity (Wildman–Crippen MR) is 311 cm³/mol. The van der Waals surface area contributed by atoms with Gasteiger partial charge in [-0.05, 0) is 19.3 Å². The van der Waals surface area contributed by atoms with Crippen LogP contribution in [0.5, 0.6) is 0 Å². The van der Waals surface area contributed by atoms with Crippen LogP contribution < -0.4 is 10.6 Å². The van der Waals surface area contributed by atoms with Crippen molar-refractivity contribution in [2.75, 3.05) is 26.4 Å². The lowest BCUT2D eigenvalue weighted by Crippen LogP contribution is -2.70. The van der Waals surface area contributed by atoms with E-state index in [0.29, 0.717) is 12.8 Å². The van der Waals surface area contributed by atoms with Crippen molar-refractivity contribution in [2.24, 2.45) is 0 Å². The molecule has 3 heterocycles. The molecule has 0 spiro atoms. The third kappa shape index (κ3) is 26.7. The average Bonchev–Trinajstić information content (AvgIpc) is 1.28. The molecule has 3 saturated heterocycles. The summed E-state index contributed by atoms with van der Waals surface area (Å²) in [5.41, 5.74) is 0. The van der Waals surface area contributed by atoms with Crippen molar-refractivity contribution in [3.8, 4) is 0 Å². The molecular weight excluding hydrogens is 1100 g/mol. The maximum Gasteiger partial charge on any atom is 0.364 e.